The van der Waals surface area contributed by atoms with Crippen LogP contribution in [0.4, 0.5) is 4.79 Å². The molecule has 0 radical (unpaired) electrons. The third-order valence-corrected chi connectivity index (χ3v) is 4.78. The summed E-state index contributed by atoms with van der Waals surface area (Å²) in [4.78, 5) is 53.1. The van der Waals surface area contributed by atoms with E-state index >= 15 is 0 Å². The minimum atomic E-state index is -1.16. The van der Waals surface area contributed by atoms with E-state index < -0.39 is 24.0 Å². The first-order valence-electron chi connectivity index (χ1n) is 9.74. The number of fused-ring (bicyclic) bond motifs is 2. The van der Waals surface area contributed by atoms with Crippen molar-refractivity contribution in [1.82, 2.24) is 20.2 Å². The summed E-state index contributed by atoms with van der Waals surface area (Å²) in [5, 5.41) is 4.95. The molecule has 29 heavy (non-hydrogen) atoms. The molecule has 154 valence electrons. The fraction of sp³-hybridized carbons (Fsp3) is 0.450. The van der Waals surface area contributed by atoms with Crippen molar-refractivity contribution in [3.05, 3.63) is 39.9 Å². The minimum Gasteiger partial charge on any atom is -0.449 e. The van der Waals surface area contributed by atoms with Crippen molar-refractivity contribution in [2.75, 3.05) is 6.54 Å². The Bertz CT molecular complexity index is 1010. The zero-order valence-corrected chi connectivity index (χ0v) is 16.5. The molecular formula is C20H24N4O5. The number of carbonyl (C=O) groups is 3. The molecule has 1 atom stereocenters. The van der Waals surface area contributed by atoms with Crippen LogP contribution >= 0.6 is 0 Å². The number of hydrogen-bond donors (Lipinski definition) is 2. The van der Waals surface area contributed by atoms with Crippen LogP contribution in [0, 0.1) is 0 Å². The van der Waals surface area contributed by atoms with Gasteiger partial charge in [0.05, 0.1) is 16.5 Å². The molecule has 0 saturated carbocycles. The summed E-state index contributed by atoms with van der Waals surface area (Å²) in [6.45, 7) is 4.10. The fourth-order valence-electron chi connectivity index (χ4n) is 3.25. The Morgan fingerprint density at radius 1 is 1.24 bits per heavy atom. The van der Waals surface area contributed by atoms with E-state index in [9.17, 15) is 19.2 Å². The first-order chi connectivity index (χ1) is 13.9. The van der Waals surface area contributed by atoms with Gasteiger partial charge in [-0.3, -0.25) is 19.5 Å². The van der Waals surface area contributed by atoms with Crippen LogP contribution in [0.25, 0.3) is 10.9 Å². The van der Waals surface area contributed by atoms with Crippen LogP contribution in [0.1, 0.15) is 49.3 Å². The maximum atomic E-state index is 12.7. The van der Waals surface area contributed by atoms with Crippen molar-refractivity contribution in [3.8, 4) is 0 Å². The summed E-state index contributed by atoms with van der Waals surface area (Å²) >= 11 is 0. The van der Waals surface area contributed by atoms with E-state index in [2.05, 4.69) is 15.6 Å². The number of aryl methyl sites for hydroxylation is 1. The molecule has 2 aromatic rings. The van der Waals surface area contributed by atoms with Gasteiger partial charge in [0.2, 0.25) is 0 Å². The SMILES string of the molecule is CCNC(=O)NC(=O)C(C)OC(=O)c1ccc2c(=O)n3c(nc2c1)CCCCC3. The van der Waals surface area contributed by atoms with Crippen LogP contribution in [0.2, 0.25) is 0 Å². The predicted molar refractivity (Wildman–Crippen MR) is 106 cm³/mol. The molecule has 3 amide bonds. The topological polar surface area (TPSA) is 119 Å². The molecule has 0 spiro atoms. The molecular weight excluding hydrogens is 376 g/mol. The standard InChI is InChI=1S/C20H24N4O5/c1-3-21-20(28)23-17(25)12(2)29-19(27)13-8-9-14-15(11-13)22-16-7-5-4-6-10-24(16)18(14)26/h8-9,11-12H,3-7,10H2,1-2H3,(H2,21,23,25,28). The van der Waals surface area contributed by atoms with Crippen LogP contribution in [-0.2, 0) is 22.5 Å². The summed E-state index contributed by atoms with van der Waals surface area (Å²) in [6, 6.07) is 3.88. The van der Waals surface area contributed by atoms with E-state index in [1.54, 1.807) is 17.6 Å². The normalized spacial score (nSPS) is 14.4. The van der Waals surface area contributed by atoms with Crippen molar-refractivity contribution in [2.24, 2.45) is 0 Å². The van der Waals surface area contributed by atoms with Gasteiger partial charge in [0.15, 0.2) is 6.10 Å². The number of urea groups is 1. The molecule has 1 unspecified atom stereocenters. The van der Waals surface area contributed by atoms with E-state index in [-0.39, 0.29) is 11.1 Å². The smallest absolute Gasteiger partial charge is 0.338 e. The minimum absolute atomic E-state index is 0.110. The highest BCUT2D eigenvalue weighted by molar-refractivity contribution is 5.99. The number of esters is 1. The molecule has 1 aromatic heterocycles. The number of ether oxygens (including phenoxy) is 1. The number of nitrogens with zero attached hydrogens (tertiary/aromatic N) is 2. The van der Waals surface area contributed by atoms with Gasteiger partial charge in [0, 0.05) is 19.5 Å². The Balaban J connectivity index is 1.79. The number of nitrogens with one attached hydrogen (secondary N) is 2. The average molecular weight is 400 g/mol. The van der Waals surface area contributed by atoms with Crippen LogP contribution < -0.4 is 16.2 Å². The van der Waals surface area contributed by atoms with Crippen molar-refractivity contribution >= 4 is 28.8 Å². The van der Waals surface area contributed by atoms with E-state index in [1.165, 1.54) is 19.1 Å². The molecule has 2 N–H and O–H groups in total. The quantitative estimate of drug-likeness (QED) is 0.751. The zero-order valence-electron chi connectivity index (χ0n) is 16.5. The van der Waals surface area contributed by atoms with Gasteiger partial charge < -0.3 is 10.1 Å². The molecule has 3 rings (SSSR count). The highest BCUT2D eigenvalue weighted by Crippen LogP contribution is 2.17. The van der Waals surface area contributed by atoms with Crippen LogP contribution in [0.5, 0.6) is 0 Å². The second kappa shape index (κ2) is 8.85. The monoisotopic (exact) mass is 400 g/mol. The van der Waals surface area contributed by atoms with Gasteiger partial charge in [0.1, 0.15) is 5.82 Å². The predicted octanol–water partition coefficient (Wildman–Crippen LogP) is 1.51. The maximum absolute atomic E-state index is 12.7. The van der Waals surface area contributed by atoms with Crippen LogP contribution in [0.3, 0.4) is 0 Å². The lowest BCUT2D eigenvalue weighted by molar-refractivity contribution is -0.127. The number of benzene rings is 1. The molecule has 2 heterocycles. The number of rotatable bonds is 4. The number of aromatic nitrogens is 2. The maximum Gasteiger partial charge on any atom is 0.338 e. The van der Waals surface area contributed by atoms with Crippen molar-refractivity contribution in [1.29, 1.82) is 0 Å². The Morgan fingerprint density at radius 3 is 2.79 bits per heavy atom. The second-order valence-corrected chi connectivity index (χ2v) is 6.92. The lowest BCUT2D eigenvalue weighted by Crippen LogP contribution is -2.44. The Morgan fingerprint density at radius 2 is 2.03 bits per heavy atom. The highest BCUT2D eigenvalue weighted by Gasteiger charge is 2.21. The third kappa shape index (κ3) is 4.61. The average Bonchev–Trinajstić information content (AvgIpc) is 2.93. The Kier molecular flexibility index (Phi) is 6.26. The van der Waals surface area contributed by atoms with E-state index in [0.29, 0.717) is 24.0 Å². The van der Waals surface area contributed by atoms with Crippen LogP contribution in [-0.4, -0.2) is 40.1 Å². The van der Waals surface area contributed by atoms with Crippen molar-refractivity contribution in [2.45, 2.75) is 52.2 Å². The largest absolute Gasteiger partial charge is 0.449 e. The van der Waals surface area contributed by atoms with Gasteiger partial charge in [0.25, 0.3) is 11.5 Å². The van der Waals surface area contributed by atoms with E-state index in [0.717, 1.165) is 31.5 Å². The summed E-state index contributed by atoms with van der Waals surface area (Å²) in [7, 11) is 0. The van der Waals surface area contributed by atoms with E-state index in [4.69, 9.17) is 4.74 Å². The second-order valence-electron chi connectivity index (χ2n) is 6.92. The summed E-state index contributed by atoms with van der Waals surface area (Å²) in [5.41, 5.74) is 0.499. The summed E-state index contributed by atoms with van der Waals surface area (Å²) in [6.07, 6.45) is 2.52. The Hall–Kier alpha value is -3.23. The highest BCUT2D eigenvalue weighted by atomic mass is 16.5. The number of amides is 3. The molecule has 1 aliphatic rings. The van der Waals surface area contributed by atoms with Gasteiger partial charge in [-0.1, -0.05) is 6.42 Å². The van der Waals surface area contributed by atoms with Crippen LogP contribution in [0.15, 0.2) is 23.0 Å². The van der Waals surface area contributed by atoms with E-state index in [1.807, 2.05) is 0 Å². The van der Waals surface area contributed by atoms with Gasteiger partial charge in [-0.25, -0.2) is 14.6 Å². The zero-order chi connectivity index (χ0) is 21.0. The lowest BCUT2D eigenvalue weighted by Gasteiger charge is -2.14. The van der Waals surface area contributed by atoms with Gasteiger partial charge >= 0.3 is 12.0 Å². The fourth-order valence-corrected chi connectivity index (χ4v) is 3.25. The molecule has 9 nitrogen and oxygen atoms in total. The number of imide groups is 1. The summed E-state index contributed by atoms with van der Waals surface area (Å²) < 4.78 is 6.86. The summed E-state index contributed by atoms with van der Waals surface area (Å²) in [5.74, 6) is -0.741. The first kappa shape index (κ1) is 20.5. The lowest BCUT2D eigenvalue weighted by atomic mass is 10.1. The van der Waals surface area contributed by atoms with Gasteiger partial charge in [-0.2, -0.15) is 0 Å². The number of carbonyl (C=O) groups excluding carboxylic acids is 3. The molecule has 0 saturated heterocycles. The Labute approximate surface area is 167 Å². The third-order valence-electron chi connectivity index (χ3n) is 4.78. The molecule has 1 aliphatic heterocycles. The molecule has 9 heteroatoms. The number of hydrogen-bond acceptors (Lipinski definition) is 6. The molecule has 1 aromatic carbocycles. The molecule has 0 aliphatic carbocycles. The van der Waals surface area contributed by atoms with Crippen molar-refractivity contribution < 1.29 is 19.1 Å². The van der Waals surface area contributed by atoms with Gasteiger partial charge in [-0.05, 0) is 44.9 Å². The molecule has 0 fully saturated rings. The van der Waals surface area contributed by atoms with Gasteiger partial charge in [-0.15, -0.1) is 0 Å². The van der Waals surface area contributed by atoms with Crippen molar-refractivity contribution in [3.63, 3.8) is 0 Å². The first-order valence-corrected chi connectivity index (χ1v) is 9.74. The molecule has 0 bridgehead atoms.